The Labute approximate surface area is 211 Å². The van der Waals surface area contributed by atoms with Crippen molar-refractivity contribution < 1.29 is 24.5 Å². The van der Waals surface area contributed by atoms with Gasteiger partial charge in [-0.05, 0) is 59.2 Å². The van der Waals surface area contributed by atoms with Crippen molar-refractivity contribution in [3.63, 3.8) is 0 Å². The smallest absolute Gasteiger partial charge is 0.243 e. The van der Waals surface area contributed by atoms with Gasteiger partial charge in [0.15, 0.2) is 0 Å². The van der Waals surface area contributed by atoms with Gasteiger partial charge in [0, 0.05) is 35.5 Å². The predicted molar refractivity (Wildman–Crippen MR) is 137 cm³/mol. The third-order valence-electron chi connectivity index (χ3n) is 6.21. The maximum atomic E-state index is 13.3. The van der Waals surface area contributed by atoms with E-state index < -0.39 is 17.4 Å². The van der Waals surface area contributed by atoms with Crippen LogP contribution in [0.3, 0.4) is 0 Å². The Morgan fingerprint density at radius 3 is 2.39 bits per heavy atom. The lowest BCUT2D eigenvalue weighted by atomic mass is 9.91. The Hall–Kier alpha value is -3.88. The molecule has 0 unspecified atom stereocenters. The van der Waals surface area contributed by atoms with Crippen LogP contribution in [-0.2, 0) is 4.79 Å². The number of aromatic nitrogens is 1. The first-order valence-electron chi connectivity index (χ1n) is 11.3. The van der Waals surface area contributed by atoms with E-state index in [-0.39, 0.29) is 29.0 Å². The molecule has 3 atom stereocenters. The summed E-state index contributed by atoms with van der Waals surface area (Å²) in [6.45, 7) is 0. The van der Waals surface area contributed by atoms with E-state index in [0.29, 0.717) is 16.8 Å². The number of aliphatic hydroxyl groups excluding tert-OH is 1. The normalized spacial score (nSPS) is 18.1. The lowest BCUT2D eigenvalue weighted by Crippen LogP contribution is -2.57. The fourth-order valence-electron chi connectivity index (χ4n) is 4.32. The highest BCUT2D eigenvalue weighted by atomic mass is 32.2. The van der Waals surface area contributed by atoms with Gasteiger partial charge in [0.1, 0.15) is 22.6 Å². The highest BCUT2D eigenvalue weighted by molar-refractivity contribution is 8.00. The number of hydrogen-bond acceptors (Lipinski definition) is 6. The first-order chi connectivity index (χ1) is 17.4. The monoisotopic (exact) mass is 502 g/mol. The zero-order valence-corrected chi connectivity index (χ0v) is 19.8. The predicted octanol–water partition coefficient (Wildman–Crippen LogP) is 5.22. The minimum Gasteiger partial charge on any atom is -0.508 e. The number of carbonyl (C=O) groups is 1. The van der Waals surface area contributed by atoms with Crippen molar-refractivity contribution in [2.24, 2.45) is 0 Å². The number of aromatic hydroxyl groups is 2. The molecule has 0 bridgehead atoms. The summed E-state index contributed by atoms with van der Waals surface area (Å²) in [7, 11) is 0. The lowest BCUT2D eigenvalue weighted by molar-refractivity contribution is -0.123. The standard InChI is InChI=1S/C28H23FN2O4S/c29-20-7-3-18(4-8-20)25(34)16-36-27-26(23-12-11-22(32)14-24(23)33)31(28(27)35)21-9-5-17(6-10-21)19-2-1-13-30-15-19/h1-15,25-27,32-34H,16H2/t25-,26+,27+/m0/s1. The van der Waals surface area contributed by atoms with E-state index in [0.717, 1.165) is 11.1 Å². The molecule has 182 valence electrons. The molecule has 36 heavy (non-hydrogen) atoms. The number of anilines is 1. The molecule has 8 heteroatoms. The van der Waals surface area contributed by atoms with Crippen LogP contribution in [0.15, 0.2) is 91.3 Å². The van der Waals surface area contributed by atoms with Crippen LogP contribution in [0.25, 0.3) is 11.1 Å². The van der Waals surface area contributed by atoms with Crippen molar-refractivity contribution in [1.82, 2.24) is 4.98 Å². The molecule has 3 aromatic carbocycles. The van der Waals surface area contributed by atoms with Gasteiger partial charge in [-0.25, -0.2) is 4.39 Å². The largest absolute Gasteiger partial charge is 0.508 e. The molecule has 0 saturated carbocycles. The van der Waals surface area contributed by atoms with Crippen LogP contribution in [0.2, 0.25) is 0 Å². The molecule has 3 N–H and O–H groups in total. The van der Waals surface area contributed by atoms with Crippen LogP contribution in [0.5, 0.6) is 11.5 Å². The van der Waals surface area contributed by atoms with E-state index in [1.54, 1.807) is 23.4 Å². The van der Waals surface area contributed by atoms with E-state index in [1.165, 1.54) is 48.2 Å². The summed E-state index contributed by atoms with van der Waals surface area (Å²) in [6, 6.07) is 20.7. The maximum Gasteiger partial charge on any atom is 0.243 e. The molecular weight excluding hydrogens is 479 g/mol. The highest BCUT2D eigenvalue weighted by Gasteiger charge is 2.50. The minimum atomic E-state index is -0.884. The molecule has 6 nitrogen and oxygen atoms in total. The number of benzene rings is 3. The summed E-state index contributed by atoms with van der Waals surface area (Å²) in [5.41, 5.74) is 3.63. The van der Waals surface area contributed by atoms with Crippen LogP contribution in [0.4, 0.5) is 10.1 Å². The second-order valence-electron chi connectivity index (χ2n) is 8.51. The fraction of sp³-hybridized carbons (Fsp3) is 0.143. The Morgan fingerprint density at radius 2 is 1.72 bits per heavy atom. The first-order valence-corrected chi connectivity index (χ1v) is 12.4. The summed E-state index contributed by atoms with van der Waals surface area (Å²) in [6.07, 6.45) is 2.58. The molecule has 0 spiro atoms. The van der Waals surface area contributed by atoms with Gasteiger partial charge in [-0.3, -0.25) is 9.78 Å². The van der Waals surface area contributed by atoms with Gasteiger partial charge in [-0.1, -0.05) is 30.3 Å². The maximum absolute atomic E-state index is 13.3. The molecule has 1 fully saturated rings. The van der Waals surface area contributed by atoms with Crippen molar-refractivity contribution in [2.45, 2.75) is 17.4 Å². The van der Waals surface area contributed by atoms with Crippen molar-refractivity contribution >= 4 is 23.4 Å². The number of nitrogens with zero attached hydrogens (tertiary/aromatic N) is 2. The van der Waals surface area contributed by atoms with Gasteiger partial charge >= 0.3 is 0 Å². The second-order valence-corrected chi connectivity index (χ2v) is 9.68. The number of carbonyl (C=O) groups excluding carboxylic acids is 1. The first kappa shape index (κ1) is 23.8. The van der Waals surface area contributed by atoms with E-state index in [4.69, 9.17) is 0 Å². The molecule has 5 rings (SSSR count). The van der Waals surface area contributed by atoms with Crippen LogP contribution in [0.1, 0.15) is 23.3 Å². The Kier molecular flexibility index (Phi) is 6.63. The number of rotatable bonds is 7. The fourth-order valence-corrected chi connectivity index (χ4v) is 5.61. The third-order valence-corrected chi connectivity index (χ3v) is 7.53. The zero-order valence-electron chi connectivity index (χ0n) is 19.0. The van der Waals surface area contributed by atoms with Gasteiger partial charge in [0.2, 0.25) is 5.91 Å². The molecular formula is C28H23FN2O4S. The van der Waals surface area contributed by atoms with E-state index in [2.05, 4.69) is 4.98 Å². The zero-order chi connectivity index (χ0) is 25.2. The van der Waals surface area contributed by atoms with Crippen molar-refractivity contribution in [3.8, 4) is 22.6 Å². The molecule has 1 aliphatic heterocycles. The number of hydrogen-bond donors (Lipinski definition) is 3. The number of thioether (sulfide) groups is 1. The molecule has 2 heterocycles. The molecule has 1 saturated heterocycles. The van der Waals surface area contributed by atoms with Gasteiger partial charge in [0.05, 0.1) is 12.1 Å². The van der Waals surface area contributed by atoms with Gasteiger partial charge in [-0.15, -0.1) is 11.8 Å². The van der Waals surface area contributed by atoms with Crippen molar-refractivity contribution in [1.29, 1.82) is 0 Å². The summed E-state index contributed by atoms with van der Waals surface area (Å²) >= 11 is 1.28. The SMILES string of the molecule is O=C1[C@H](SC[C@H](O)c2ccc(F)cc2)[C@@H](c2ccc(O)cc2O)N1c1ccc(-c2cccnc2)cc1. The number of phenolic OH excluding ortho intramolecular Hbond substituents is 2. The molecule has 0 aliphatic carbocycles. The third kappa shape index (κ3) is 4.65. The second kappa shape index (κ2) is 10.0. The average Bonchev–Trinajstić information content (AvgIpc) is 2.89. The Balaban J connectivity index is 1.40. The minimum absolute atomic E-state index is 0.0785. The van der Waals surface area contributed by atoms with Crippen LogP contribution < -0.4 is 4.90 Å². The quantitative estimate of drug-likeness (QED) is 0.300. The van der Waals surface area contributed by atoms with E-state index in [9.17, 15) is 24.5 Å². The van der Waals surface area contributed by atoms with Crippen LogP contribution in [-0.4, -0.2) is 37.2 Å². The van der Waals surface area contributed by atoms with Gasteiger partial charge < -0.3 is 20.2 Å². The summed E-state index contributed by atoms with van der Waals surface area (Å²) in [5.74, 6) is -0.524. The van der Waals surface area contributed by atoms with E-state index in [1.807, 2.05) is 36.4 Å². The number of β-lactam (4-membered cyclic amide) rings is 1. The highest BCUT2D eigenvalue weighted by Crippen LogP contribution is 2.48. The Bertz CT molecular complexity index is 1370. The molecule has 4 aromatic rings. The summed E-state index contributed by atoms with van der Waals surface area (Å²) in [4.78, 5) is 19.1. The summed E-state index contributed by atoms with van der Waals surface area (Å²) in [5, 5.41) is 30.3. The number of halogens is 1. The van der Waals surface area contributed by atoms with Gasteiger partial charge in [-0.2, -0.15) is 0 Å². The number of aliphatic hydroxyl groups is 1. The number of phenols is 2. The molecule has 1 aromatic heterocycles. The van der Waals surface area contributed by atoms with Crippen LogP contribution in [0, 0.1) is 5.82 Å². The van der Waals surface area contributed by atoms with Crippen molar-refractivity contribution in [3.05, 3.63) is 108 Å². The number of pyridine rings is 1. The number of amides is 1. The van der Waals surface area contributed by atoms with Crippen LogP contribution >= 0.6 is 11.8 Å². The van der Waals surface area contributed by atoms with E-state index >= 15 is 0 Å². The Morgan fingerprint density at radius 1 is 0.972 bits per heavy atom. The van der Waals surface area contributed by atoms with Gasteiger partial charge in [0.25, 0.3) is 0 Å². The average molecular weight is 503 g/mol. The molecule has 1 amide bonds. The molecule has 1 aliphatic rings. The molecule has 0 radical (unpaired) electrons. The van der Waals surface area contributed by atoms with Crippen molar-refractivity contribution in [2.75, 3.05) is 10.7 Å². The summed E-state index contributed by atoms with van der Waals surface area (Å²) < 4.78 is 13.2. The lowest BCUT2D eigenvalue weighted by Gasteiger charge is -2.47. The topological polar surface area (TPSA) is 93.9 Å².